The molecule has 2 atom stereocenters. The van der Waals surface area contributed by atoms with Gasteiger partial charge >= 0.3 is 0 Å². The first kappa shape index (κ1) is 13.4. The first-order valence-corrected chi connectivity index (χ1v) is 7.19. The third-order valence-corrected chi connectivity index (χ3v) is 3.99. The zero-order valence-corrected chi connectivity index (χ0v) is 12.2. The second-order valence-electron chi connectivity index (χ2n) is 4.92. The number of nitrogens with one attached hydrogen (secondary N) is 1. The average molecular weight is 338 g/mol. The largest absolute Gasteiger partial charge is 0.469 e. The van der Waals surface area contributed by atoms with E-state index >= 15 is 0 Å². The summed E-state index contributed by atoms with van der Waals surface area (Å²) < 4.78 is 19.6. The van der Waals surface area contributed by atoms with Gasteiger partial charge < -0.3 is 9.73 Å². The number of hydrogen-bond donors (Lipinski definition) is 1. The second-order valence-corrected chi connectivity index (χ2v) is 5.83. The van der Waals surface area contributed by atoms with Crippen molar-refractivity contribution in [2.75, 3.05) is 0 Å². The average Bonchev–Trinajstić information content (AvgIpc) is 3.05. The molecular weight excluding hydrogens is 325 g/mol. The molecule has 1 saturated carbocycles. The summed E-state index contributed by atoms with van der Waals surface area (Å²) in [7, 11) is 0. The van der Waals surface area contributed by atoms with Crippen molar-refractivity contribution in [1.82, 2.24) is 5.32 Å². The first-order valence-electron chi connectivity index (χ1n) is 6.40. The van der Waals surface area contributed by atoms with Gasteiger partial charge in [-0.2, -0.15) is 0 Å². The Labute approximate surface area is 124 Å². The fraction of sp³-hybridized carbons (Fsp3) is 0.267. The van der Waals surface area contributed by atoms with Crippen LogP contribution in [0.4, 0.5) is 4.39 Å². The Kier molecular flexibility index (Phi) is 3.61. The molecule has 1 heterocycles. The fourth-order valence-electron chi connectivity index (χ4n) is 2.29. The summed E-state index contributed by atoms with van der Waals surface area (Å²) in [6, 6.07) is 8.39. The lowest BCUT2D eigenvalue weighted by molar-refractivity contribution is -0.122. The lowest BCUT2D eigenvalue weighted by Gasteiger charge is -2.06. The number of rotatable bonds is 4. The summed E-state index contributed by atoms with van der Waals surface area (Å²) in [5, 5.41) is 2.78. The predicted octanol–water partition coefficient (Wildman–Crippen LogP) is 3.60. The maximum Gasteiger partial charge on any atom is 0.224 e. The quantitative estimate of drug-likeness (QED) is 0.926. The molecule has 0 radical (unpaired) electrons. The zero-order valence-electron chi connectivity index (χ0n) is 10.6. The minimum Gasteiger partial charge on any atom is -0.469 e. The molecule has 0 aliphatic heterocycles. The molecule has 5 heteroatoms. The summed E-state index contributed by atoms with van der Waals surface area (Å²) in [6.07, 6.45) is 2.40. The topological polar surface area (TPSA) is 42.2 Å². The number of furan rings is 1. The summed E-state index contributed by atoms with van der Waals surface area (Å²) in [5.41, 5.74) is 0.475. The second kappa shape index (κ2) is 5.40. The van der Waals surface area contributed by atoms with Gasteiger partial charge in [0.2, 0.25) is 5.91 Å². The third-order valence-electron chi connectivity index (χ3n) is 3.50. The molecule has 1 N–H and O–H groups in total. The molecule has 1 aromatic carbocycles. The predicted molar refractivity (Wildman–Crippen MR) is 75.5 cm³/mol. The van der Waals surface area contributed by atoms with E-state index in [9.17, 15) is 9.18 Å². The number of amides is 1. The van der Waals surface area contributed by atoms with Crippen LogP contribution in [0.5, 0.6) is 0 Å². The smallest absolute Gasteiger partial charge is 0.224 e. The van der Waals surface area contributed by atoms with Gasteiger partial charge in [-0.25, -0.2) is 4.39 Å². The molecule has 1 aliphatic rings. The van der Waals surface area contributed by atoms with Gasteiger partial charge in [-0.15, -0.1) is 0 Å². The summed E-state index contributed by atoms with van der Waals surface area (Å²) >= 11 is 3.29. The molecule has 2 aromatic rings. The minimum atomic E-state index is -0.313. The Morgan fingerprint density at radius 1 is 1.45 bits per heavy atom. The van der Waals surface area contributed by atoms with Crippen molar-refractivity contribution in [2.24, 2.45) is 5.92 Å². The van der Waals surface area contributed by atoms with E-state index in [4.69, 9.17) is 4.42 Å². The molecule has 1 fully saturated rings. The lowest BCUT2D eigenvalue weighted by Crippen LogP contribution is -2.25. The van der Waals surface area contributed by atoms with Crippen LogP contribution in [0, 0.1) is 11.7 Å². The van der Waals surface area contributed by atoms with Gasteiger partial charge in [-0.1, -0.05) is 15.9 Å². The molecule has 1 aliphatic carbocycles. The van der Waals surface area contributed by atoms with E-state index in [0.29, 0.717) is 5.56 Å². The van der Waals surface area contributed by atoms with Gasteiger partial charge in [0.25, 0.3) is 0 Å². The highest BCUT2D eigenvalue weighted by Crippen LogP contribution is 2.47. The highest BCUT2D eigenvalue weighted by atomic mass is 79.9. The molecule has 2 unspecified atom stereocenters. The molecule has 0 spiro atoms. The Balaban J connectivity index is 1.57. The fourth-order valence-corrected chi connectivity index (χ4v) is 2.70. The van der Waals surface area contributed by atoms with E-state index in [1.54, 1.807) is 18.4 Å². The molecular formula is C15H13BrFNO2. The highest BCUT2D eigenvalue weighted by molar-refractivity contribution is 9.10. The van der Waals surface area contributed by atoms with E-state index in [2.05, 4.69) is 21.2 Å². The van der Waals surface area contributed by atoms with Crippen molar-refractivity contribution < 1.29 is 13.6 Å². The Hall–Kier alpha value is -1.62. The maximum atomic E-state index is 13.5. The van der Waals surface area contributed by atoms with Crippen molar-refractivity contribution in [1.29, 1.82) is 0 Å². The van der Waals surface area contributed by atoms with Gasteiger partial charge in [0.05, 0.1) is 6.26 Å². The Morgan fingerprint density at radius 3 is 3.05 bits per heavy atom. The lowest BCUT2D eigenvalue weighted by atomic mass is 10.2. The summed E-state index contributed by atoms with van der Waals surface area (Å²) in [4.78, 5) is 12.0. The van der Waals surface area contributed by atoms with Crippen LogP contribution < -0.4 is 5.32 Å². The van der Waals surface area contributed by atoms with Crippen LogP contribution in [-0.2, 0) is 11.3 Å². The van der Waals surface area contributed by atoms with Gasteiger partial charge in [0, 0.05) is 28.4 Å². The SMILES string of the molecule is O=C(NCc1cc(Br)ccc1F)C1CC1c1ccco1. The summed E-state index contributed by atoms with van der Waals surface area (Å²) in [5.74, 6) is 0.588. The standard InChI is InChI=1S/C15H13BrFNO2/c16-10-3-4-13(17)9(6-10)8-18-15(19)12-7-11(12)14-2-1-5-20-14/h1-6,11-12H,7-8H2,(H,18,19). The van der Waals surface area contributed by atoms with E-state index in [0.717, 1.165) is 16.7 Å². The van der Waals surface area contributed by atoms with Crippen molar-refractivity contribution >= 4 is 21.8 Å². The Morgan fingerprint density at radius 2 is 2.30 bits per heavy atom. The highest BCUT2D eigenvalue weighted by Gasteiger charge is 2.45. The minimum absolute atomic E-state index is 0.0502. The number of carbonyl (C=O) groups is 1. The molecule has 0 bridgehead atoms. The van der Waals surface area contributed by atoms with E-state index in [1.165, 1.54) is 6.07 Å². The zero-order chi connectivity index (χ0) is 14.1. The van der Waals surface area contributed by atoms with Crippen LogP contribution in [0.3, 0.4) is 0 Å². The third kappa shape index (κ3) is 2.77. The van der Waals surface area contributed by atoms with Crippen molar-refractivity contribution in [2.45, 2.75) is 18.9 Å². The number of carbonyl (C=O) groups excluding carboxylic acids is 1. The van der Waals surface area contributed by atoms with Crippen LogP contribution in [0.1, 0.15) is 23.7 Å². The van der Waals surface area contributed by atoms with Crippen LogP contribution in [-0.4, -0.2) is 5.91 Å². The number of hydrogen-bond acceptors (Lipinski definition) is 2. The molecule has 1 amide bonds. The molecule has 104 valence electrons. The van der Waals surface area contributed by atoms with Crippen LogP contribution in [0.2, 0.25) is 0 Å². The van der Waals surface area contributed by atoms with Gasteiger partial charge in [-0.05, 0) is 36.8 Å². The molecule has 20 heavy (non-hydrogen) atoms. The first-order chi connectivity index (χ1) is 9.65. The normalized spacial score (nSPS) is 20.7. The maximum absolute atomic E-state index is 13.5. The summed E-state index contributed by atoms with van der Waals surface area (Å²) in [6.45, 7) is 0.200. The monoisotopic (exact) mass is 337 g/mol. The van der Waals surface area contributed by atoms with Gasteiger partial charge in [-0.3, -0.25) is 4.79 Å². The molecule has 1 aromatic heterocycles. The van der Waals surface area contributed by atoms with E-state index in [-0.39, 0.29) is 30.1 Å². The van der Waals surface area contributed by atoms with E-state index in [1.807, 2.05) is 12.1 Å². The van der Waals surface area contributed by atoms with Crippen molar-refractivity contribution in [3.8, 4) is 0 Å². The van der Waals surface area contributed by atoms with E-state index < -0.39 is 0 Å². The molecule has 0 saturated heterocycles. The van der Waals surface area contributed by atoms with Crippen molar-refractivity contribution in [3.63, 3.8) is 0 Å². The molecule has 3 rings (SSSR count). The van der Waals surface area contributed by atoms with Crippen LogP contribution in [0.25, 0.3) is 0 Å². The van der Waals surface area contributed by atoms with Crippen LogP contribution >= 0.6 is 15.9 Å². The molecule has 3 nitrogen and oxygen atoms in total. The van der Waals surface area contributed by atoms with Gasteiger partial charge in [0.1, 0.15) is 11.6 Å². The van der Waals surface area contributed by atoms with Gasteiger partial charge in [0.15, 0.2) is 0 Å². The Bertz CT molecular complexity index is 627. The van der Waals surface area contributed by atoms with Crippen LogP contribution in [0.15, 0.2) is 45.5 Å². The number of benzene rings is 1. The number of halogens is 2. The van der Waals surface area contributed by atoms with Crippen molar-refractivity contribution in [3.05, 3.63) is 58.2 Å².